The monoisotopic (exact) mass is 298 g/mol. The first kappa shape index (κ1) is 15.2. The molecule has 1 spiro atoms. The molecule has 0 unspecified atom stereocenters. The summed E-state index contributed by atoms with van der Waals surface area (Å²) in [6, 6.07) is 0. The van der Waals surface area contributed by atoms with Crippen LogP contribution in [0.25, 0.3) is 0 Å². The van der Waals surface area contributed by atoms with Gasteiger partial charge in [0.1, 0.15) is 6.10 Å². The fourth-order valence-electron chi connectivity index (χ4n) is 3.89. The largest absolute Gasteiger partial charge is 0.392 e. The molecule has 0 aromatic rings. The van der Waals surface area contributed by atoms with Gasteiger partial charge in [0.25, 0.3) is 5.91 Å². The summed E-state index contributed by atoms with van der Waals surface area (Å²) in [6.45, 7) is 6.07. The second-order valence-corrected chi connectivity index (χ2v) is 6.32. The molecular formula is C15H26N2O4. The third-order valence-electron chi connectivity index (χ3n) is 5.32. The van der Waals surface area contributed by atoms with Crippen LogP contribution in [0.15, 0.2) is 0 Å². The molecule has 21 heavy (non-hydrogen) atoms. The zero-order valence-electron chi connectivity index (χ0n) is 12.7. The second kappa shape index (κ2) is 6.20. The number of hydrogen-bond donors (Lipinski definition) is 2. The molecule has 0 aromatic carbocycles. The molecule has 2 aliphatic heterocycles. The van der Waals surface area contributed by atoms with E-state index >= 15 is 0 Å². The number of morpholine rings is 1. The molecular weight excluding hydrogens is 272 g/mol. The van der Waals surface area contributed by atoms with E-state index in [0.717, 1.165) is 25.8 Å². The van der Waals surface area contributed by atoms with Crippen LogP contribution >= 0.6 is 0 Å². The molecule has 2 heterocycles. The number of amides is 1. The van der Waals surface area contributed by atoms with Crippen LogP contribution in [-0.2, 0) is 14.3 Å². The van der Waals surface area contributed by atoms with Gasteiger partial charge in [-0.15, -0.1) is 0 Å². The zero-order valence-corrected chi connectivity index (χ0v) is 12.7. The van der Waals surface area contributed by atoms with Crippen LogP contribution in [-0.4, -0.2) is 73.6 Å². The summed E-state index contributed by atoms with van der Waals surface area (Å²) >= 11 is 0. The second-order valence-electron chi connectivity index (χ2n) is 6.32. The van der Waals surface area contributed by atoms with Crippen LogP contribution < -0.4 is 5.32 Å². The number of carbonyl (C=O) groups excluding carboxylic acids is 1. The highest BCUT2D eigenvalue weighted by atomic mass is 16.5. The van der Waals surface area contributed by atoms with Gasteiger partial charge in [-0.05, 0) is 19.8 Å². The molecule has 1 aliphatic carbocycles. The molecule has 120 valence electrons. The quantitative estimate of drug-likeness (QED) is 0.752. The minimum Gasteiger partial charge on any atom is -0.392 e. The maximum Gasteiger partial charge on any atom is 0.253 e. The predicted octanol–water partition coefficient (Wildman–Crippen LogP) is -0.247. The molecule has 2 saturated heterocycles. The van der Waals surface area contributed by atoms with Gasteiger partial charge in [-0.2, -0.15) is 0 Å². The van der Waals surface area contributed by atoms with Crippen molar-refractivity contribution in [3.8, 4) is 0 Å². The molecule has 1 amide bonds. The highest BCUT2D eigenvalue weighted by molar-refractivity contribution is 5.81. The van der Waals surface area contributed by atoms with Crippen LogP contribution in [0.2, 0.25) is 0 Å². The highest BCUT2D eigenvalue weighted by Crippen LogP contribution is 2.50. The first-order valence-corrected chi connectivity index (χ1v) is 8.08. The number of piperidine rings is 1. The Labute approximate surface area is 125 Å². The first-order valence-electron chi connectivity index (χ1n) is 8.08. The van der Waals surface area contributed by atoms with Crippen LogP contribution in [0, 0.1) is 5.41 Å². The van der Waals surface area contributed by atoms with E-state index in [0.29, 0.717) is 32.8 Å². The summed E-state index contributed by atoms with van der Waals surface area (Å²) in [5.74, 6) is 0.0822. The van der Waals surface area contributed by atoms with Crippen molar-refractivity contribution in [2.45, 2.75) is 44.5 Å². The Balaban J connectivity index is 1.56. The number of nitrogens with one attached hydrogen (secondary N) is 1. The van der Waals surface area contributed by atoms with Crippen molar-refractivity contribution in [2.24, 2.45) is 5.41 Å². The Hall–Kier alpha value is -0.690. The summed E-state index contributed by atoms with van der Waals surface area (Å²) < 4.78 is 11.3. The lowest BCUT2D eigenvalue weighted by Crippen LogP contribution is -2.63. The molecule has 0 radical (unpaired) electrons. The standard InChI is InChI=1S/C15H26N2O4/c1-2-20-13-9-12(18)15(13)3-6-17(7-4-15)14(19)11-10-16-5-8-21-11/h11-13,16,18H,2-10H2,1H3/t11-,12-,13-/m1/s1. The Bertz CT molecular complexity index is 374. The molecule has 6 heteroatoms. The third kappa shape index (κ3) is 2.70. The maximum absolute atomic E-state index is 12.4. The lowest BCUT2D eigenvalue weighted by molar-refractivity contribution is -0.211. The third-order valence-corrected chi connectivity index (χ3v) is 5.32. The SMILES string of the molecule is CCO[C@@H]1C[C@@H](O)C12CCN(C(=O)[C@H]1CNCCO1)CC2. The Kier molecular flexibility index (Phi) is 4.49. The van der Waals surface area contributed by atoms with Gasteiger partial charge in [0.15, 0.2) is 0 Å². The van der Waals surface area contributed by atoms with Gasteiger partial charge in [-0.25, -0.2) is 0 Å². The van der Waals surface area contributed by atoms with E-state index in [1.807, 2.05) is 11.8 Å². The van der Waals surface area contributed by atoms with Gasteiger partial charge < -0.3 is 24.8 Å². The van der Waals surface area contributed by atoms with Crippen molar-refractivity contribution in [3.63, 3.8) is 0 Å². The smallest absolute Gasteiger partial charge is 0.253 e. The number of carbonyl (C=O) groups is 1. The first-order chi connectivity index (χ1) is 10.2. The van der Waals surface area contributed by atoms with E-state index in [9.17, 15) is 9.90 Å². The zero-order chi connectivity index (χ0) is 14.9. The molecule has 2 N–H and O–H groups in total. The number of rotatable bonds is 3. The molecule has 0 aromatic heterocycles. The van der Waals surface area contributed by atoms with E-state index < -0.39 is 0 Å². The van der Waals surface area contributed by atoms with Gasteiger partial charge in [0.05, 0.1) is 18.8 Å². The van der Waals surface area contributed by atoms with E-state index in [1.165, 1.54) is 0 Å². The minimum atomic E-state index is -0.346. The summed E-state index contributed by atoms with van der Waals surface area (Å²) in [5.41, 5.74) is -0.127. The van der Waals surface area contributed by atoms with E-state index in [2.05, 4.69) is 5.32 Å². The molecule has 3 atom stereocenters. The lowest BCUT2D eigenvalue weighted by atomic mass is 9.58. The minimum absolute atomic E-state index is 0.0822. The summed E-state index contributed by atoms with van der Waals surface area (Å²) in [4.78, 5) is 14.3. The highest BCUT2D eigenvalue weighted by Gasteiger charge is 2.56. The van der Waals surface area contributed by atoms with Gasteiger partial charge in [0.2, 0.25) is 0 Å². The number of aliphatic hydroxyl groups is 1. The maximum atomic E-state index is 12.4. The van der Waals surface area contributed by atoms with E-state index in [4.69, 9.17) is 9.47 Å². The van der Waals surface area contributed by atoms with Crippen LogP contribution in [0.4, 0.5) is 0 Å². The molecule has 1 saturated carbocycles. The van der Waals surface area contributed by atoms with E-state index in [-0.39, 0.29) is 29.6 Å². The van der Waals surface area contributed by atoms with Crippen molar-refractivity contribution in [2.75, 3.05) is 39.4 Å². The van der Waals surface area contributed by atoms with Crippen LogP contribution in [0.3, 0.4) is 0 Å². The van der Waals surface area contributed by atoms with Crippen molar-refractivity contribution >= 4 is 5.91 Å². The van der Waals surface area contributed by atoms with Crippen molar-refractivity contribution in [3.05, 3.63) is 0 Å². The molecule has 3 fully saturated rings. The van der Waals surface area contributed by atoms with Gasteiger partial charge >= 0.3 is 0 Å². The average Bonchev–Trinajstić information content (AvgIpc) is 2.55. The molecule has 3 rings (SSSR count). The molecule has 6 nitrogen and oxygen atoms in total. The lowest BCUT2D eigenvalue weighted by Gasteiger charge is -2.56. The normalized spacial score (nSPS) is 35.5. The van der Waals surface area contributed by atoms with E-state index in [1.54, 1.807) is 0 Å². The van der Waals surface area contributed by atoms with Crippen LogP contribution in [0.5, 0.6) is 0 Å². The number of aliphatic hydroxyl groups excluding tert-OH is 1. The predicted molar refractivity (Wildman–Crippen MR) is 76.9 cm³/mol. The summed E-state index contributed by atoms with van der Waals surface area (Å²) in [7, 11) is 0. The fourth-order valence-corrected chi connectivity index (χ4v) is 3.89. The fraction of sp³-hybridized carbons (Fsp3) is 0.933. The van der Waals surface area contributed by atoms with Crippen molar-refractivity contribution < 1.29 is 19.4 Å². The number of likely N-dealkylation sites (tertiary alicyclic amines) is 1. The number of nitrogens with zero attached hydrogens (tertiary/aromatic N) is 1. The summed E-state index contributed by atoms with van der Waals surface area (Å²) in [6.07, 6.45) is 1.91. The van der Waals surface area contributed by atoms with Gasteiger partial charge in [0, 0.05) is 44.6 Å². The topological polar surface area (TPSA) is 71.0 Å². The average molecular weight is 298 g/mol. The Morgan fingerprint density at radius 2 is 2.24 bits per heavy atom. The Morgan fingerprint density at radius 3 is 2.81 bits per heavy atom. The Morgan fingerprint density at radius 1 is 1.48 bits per heavy atom. The van der Waals surface area contributed by atoms with Crippen LogP contribution in [0.1, 0.15) is 26.2 Å². The van der Waals surface area contributed by atoms with Crippen molar-refractivity contribution in [1.82, 2.24) is 10.2 Å². The molecule has 3 aliphatic rings. The molecule has 0 bridgehead atoms. The summed E-state index contributed by atoms with van der Waals surface area (Å²) in [5, 5.41) is 13.4. The van der Waals surface area contributed by atoms with Gasteiger partial charge in [-0.3, -0.25) is 4.79 Å². The number of ether oxygens (including phenoxy) is 2. The van der Waals surface area contributed by atoms with Gasteiger partial charge in [-0.1, -0.05) is 0 Å². The van der Waals surface area contributed by atoms with Crippen molar-refractivity contribution in [1.29, 1.82) is 0 Å². The number of hydrogen-bond acceptors (Lipinski definition) is 5.